The Kier molecular flexibility index (Phi) is 6.41. The van der Waals surface area contributed by atoms with Gasteiger partial charge in [-0.3, -0.25) is 4.79 Å². The van der Waals surface area contributed by atoms with Crippen molar-refractivity contribution in [3.8, 4) is 0 Å². The van der Waals surface area contributed by atoms with Crippen molar-refractivity contribution < 1.29 is 9.53 Å². The Morgan fingerprint density at radius 1 is 1.04 bits per heavy atom. The minimum Gasteiger partial charge on any atom is -0.375 e. The number of ether oxygens (including phenoxy) is 1. The number of nitrogens with zero attached hydrogens (tertiary/aromatic N) is 1. The molecule has 0 saturated carbocycles. The van der Waals surface area contributed by atoms with Gasteiger partial charge in [-0.15, -0.1) is 0 Å². The van der Waals surface area contributed by atoms with Crippen molar-refractivity contribution in [2.45, 2.75) is 31.9 Å². The molecule has 2 aromatic carbocycles. The van der Waals surface area contributed by atoms with Gasteiger partial charge in [0.1, 0.15) is 0 Å². The first-order valence-corrected chi connectivity index (χ1v) is 8.98. The SMILES string of the molecule is O=C(/C=C/c1ccccc1)N1CCCCC1COCc1ccccc1. The first-order chi connectivity index (χ1) is 12.3. The molecule has 1 heterocycles. The van der Waals surface area contributed by atoms with Gasteiger partial charge in [-0.1, -0.05) is 60.7 Å². The van der Waals surface area contributed by atoms with E-state index in [1.165, 1.54) is 5.56 Å². The third kappa shape index (κ3) is 5.30. The monoisotopic (exact) mass is 335 g/mol. The Bertz CT molecular complexity index is 682. The highest BCUT2D eigenvalue weighted by Gasteiger charge is 2.25. The Morgan fingerprint density at radius 2 is 1.76 bits per heavy atom. The summed E-state index contributed by atoms with van der Waals surface area (Å²) in [6.07, 6.45) is 6.81. The molecule has 0 spiro atoms. The average Bonchev–Trinajstić information content (AvgIpc) is 2.68. The van der Waals surface area contributed by atoms with E-state index < -0.39 is 0 Å². The van der Waals surface area contributed by atoms with Gasteiger partial charge in [0.05, 0.1) is 19.3 Å². The first kappa shape index (κ1) is 17.4. The number of carbonyl (C=O) groups is 1. The zero-order valence-electron chi connectivity index (χ0n) is 14.5. The van der Waals surface area contributed by atoms with Gasteiger partial charge in [-0.25, -0.2) is 0 Å². The highest BCUT2D eigenvalue weighted by Crippen LogP contribution is 2.19. The maximum absolute atomic E-state index is 12.6. The molecule has 25 heavy (non-hydrogen) atoms. The topological polar surface area (TPSA) is 29.5 Å². The summed E-state index contributed by atoms with van der Waals surface area (Å²) in [6.45, 7) is 2.01. The molecule has 1 aliphatic rings. The van der Waals surface area contributed by atoms with Crippen LogP contribution in [0.5, 0.6) is 0 Å². The van der Waals surface area contributed by atoms with Crippen molar-refractivity contribution in [2.24, 2.45) is 0 Å². The predicted molar refractivity (Wildman–Crippen MR) is 101 cm³/mol. The van der Waals surface area contributed by atoms with Crippen LogP contribution < -0.4 is 0 Å². The van der Waals surface area contributed by atoms with Crippen molar-refractivity contribution in [3.63, 3.8) is 0 Å². The van der Waals surface area contributed by atoms with Crippen LogP contribution in [0.3, 0.4) is 0 Å². The molecule has 0 N–H and O–H groups in total. The molecule has 0 radical (unpaired) electrons. The maximum Gasteiger partial charge on any atom is 0.246 e. The fraction of sp³-hybridized carbons (Fsp3) is 0.318. The molecule has 0 aliphatic carbocycles. The molecule has 2 aromatic rings. The lowest BCUT2D eigenvalue weighted by molar-refractivity contribution is -0.131. The lowest BCUT2D eigenvalue weighted by Gasteiger charge is -2.35. The summed E-state index contributed by atoms with van der Waals surface area (Å²) in [5.74, 6) is 0.0804. The first-order valence-electron chi connectivity index (χ1n) is 8.98. The van der Waals surface area contributed by atoms with E-state index in [1.54, 1.807) is 6.08 Å². The zero-order chi connectivity index (χ0) is 17.3. The van der Waals surface area contributed by atoms with Crippen molar-refractivity contribution in [1.82, 2.24) is 4.90 Å². The van der Waals surface area contributed by atoms with Crippen molar-refractivity contribution >= 4 is 12.0 Å². The second kappa shape index (κ2) is 9.19. The number of likely N-dealkylation sites (tertiary alicyclic amines) is 1. The summed E-state index contributed by atoms with van der Waals surface area (Å²) >= 11 is 0. The fourth-order valence-electron chi connectivity index (χ4n) is 3.18. The molecule has 3 heteroatoms. The predicted octanol–water partition coefficient (Wildman–Crippen LogP) is 4.30. The Labute approximate surface area is 149 Å². The van der Waals surface area contributed by atoms with Crippen molar-refractivity contribution in [3.05, 3.63) is 77.9 Å². The molecule has 1 amide bonds. The van der Waals surface area contributed by atoms with Gasteiger partial charge in [0.2, 0.25) is 5.91 Å². The van der Waals surface area contributed by atoms with E-state index in [-0.39, 0.29) is 11.9 Å². The smallest absolute Gasteiger partial charge is 0.246 e. The summed E-state index contributed by atoms with van der Waals surface area (Å²) < 4.78 is 5.88. The Morgan fingerprint density at radius 3 is 2.52 bits per heavy atom. The van der Waals surface area contributed by atoms with Crippen LogP contribution in [0.25, 0.3) is 6.08 Å². The molecule has 1 aliphatic heterocycles. The summed E-state index contributed by atoms with van der Waals surface area (Å²) in [5, 5.41) is 0. The van der Waals surface area contributed by atoms with Gasteiger partial charge in [0.25, 0.3) is 0 Å². The van der Waals surface area contributed by atoms with E-state index in [4.69, 9.17) is 4.74 Å². The number of carbonyl (C=O) groups excluding carboxylic acids is 1. The Balaban J connectivity index is 1.54. The van der Waals surface area contributed by atoms with Crippen LogP contribution in [-0.4, -0.2) is 30.0 Å². The normalized spacial score (nSPS) is 17.8. The molecule has 1 fully saturated rings. The lowest BCUT2D eigenvalue weighted by atomic mass is 10.0. The van der Waals surface area contributed by atoms with E-state index >= 15 is 0 Å². The fourth-order valence-corrected chi connectivity index (χ4v) is 3.18. The summed E-state index contributed by atoms with van der Waals surface area (Å²) in [4.78, 5) is 14.6. The minimum absolute atomic E-state index is 0.0804. The maximum atomic E-state index is 12.6. The standard InChI is InChI=1S/C22H25NO2/c24-22(15-14-19-9-3-1-4-10-19)23-16-8-7-13-21(23)18-25-17-20-11-5-2-6-12-20/h1-6,9-12,14-15,21H,7-8,13,16-18H2/b15-14+. The minimum atomic E-state index is 0.0804. The number of amides is 1. The molecule has 0 aromatic heterocycles. The van der Waals surface area contributed by atoms with Crippen LogP contribution in [0.1, 0.15) is 30.4 Å². The summed E-state index contributed by atoms with van der Waals surface area (Å²) in [5.41, 5.74) is 2.21. The Hall–Kier alpha value is -2.39. The number of piperidine rings is 1. The van der Waals surface area contributed by atoms with Crippen LogP contribution in [0.4, 0.5) is 0 Å². The number of rotatable bonds is 6. The molecular formula is C22H25NO2. The largest absolute Gasteiger partial charge is 0.375 e. The van der Waals surface area contributed by atoms with Crippen molar-refractivity contribution in [1.29, 1.82) is 0 Å². The summed E-state index contributed by atoms with van der Waals surface area (Å²) in [7, 11) is 0. The molecule has 1 saturated heterocycles. The molecule has 130 valence electrons. The lowest BCUT2D eigenvalue weighted by Crippen LogP contribution is -2.45. The second-order valence-electron chi connectivity index (χ2n) is 6.43. The van der Waals surface area contributed by atoms with Crippen LogP contribution >= 0.6 is 0 Å². The van der Waals surface area contributed by atoms with Crippen LogP contribution in [-0.2, 0) is 16.1 Å². The highest BCUT2D eigenvalue weighted by atomic mass is 16.5. The van der Waals surface area contributed by atoms with Crippen LogP contribution in [0.15, 0.2) is 66.7 Å². The quantitative estimate of drug-likeness (QED) is 0.737. The number of benzene rings is 2. The van der Waals surface area contributed by atoms with E-state index in [0.717, 1.165) is 31.4 Å². The highest BCUT2D eigenvalue weighted by molar-refractivity contribution is 5.92. The van der Waals surface area contributed by atoms with Gasteiger partial charge in [0, 0.05) is 12.6 Å². The zero-order valence-corrected chi connectivity index (χ0v) is 14.5. The van der Waals surface area contributed by atoms with Gasteiger partial charge >= 0.3 is 0 Å². The summed E-state index contributed by atoms with van der Waals surface area (Å²) in [6, 6.07) is 20.3. The third-order valence-corrected chi connectivity index (χ3v) is 4.55. The van der Waals surface area contributed by atoms with E-state index in [9.17, 15) is 4.79 Å². The number of hydrogen-bond donors (Lipinski definition) is 0. The number of hydrogen-bond acceptors (Lipinski definition) is 2. The van der Waals surface area contributed by atoms with Crippen molar-refractivity contribution in [2.75, 3.05) is 13.2 Å². The second-order valence-corrected chi connectivity index (χ2v) is 6.43. The van der Waals surface area contributed by atoms with Crippen LogP contribution in [0.2, 0.25) is 0 Å². The van der Waals surface area contributed by atoms with Gasteiger partial charge in [-0.2, -0.15) is 0 Å². The molecular weight excluding hydrogens is 310 g/mol. The van der Waals surface area contributed by atoms with E-state index in [2.05, 4.69) is 12.1 Å². The average molecular weight is 335 g/mol. The van der Waals surface area contributed by atoms with E-state index in [0.29, 0.717) is 13.2 Å². The molecule has 1 atom stereocenters. The molecule has 1 unspecified atom stereocenters. The van der Waals surface area contributed by atoms with E-state index in [1.807, 2.05) is 59.5 Å². The third-order valence-electron chi connectivity index (χ3n) is 4.55. The van der Waals surface area contributed by atoms with Crippen LogP contribution in [0, 0.1) is 0 Å². The van der Waals surface area contributed by atoms with Gasteiger partial charge in [-0.05, 0) is 36.5 Å². The van der Waals surface area contributed by atoms with Gasteiger partial charge < -0.3 is 9.64 Å². The van der Waals surface area contributed by atoms with Gasteiger partial charge in [0.15, 0.2) is 0 Å². The molecule has 3 rings (SSSR count). The molecule has 3 nitrogen and oxygen atoms in total. The molecule has 0 bridgehead atoms.